The van der Waals surface area contributed by atoms with Gasteiger partial charge in [-0.2, -0.15) is 0 Å². The molecule has 1 aliphatic carbocycles. The minimum absolute atomic E-state index is 0.000180. The van der Waals surface area contributed by atoms with E-state index in [1.165, 1.54) is 4.90 Å². The average Bonchev–Trinajstić information content (AvgIpc) is 3.37. The molecule has 2 aromatic heterocycles. The molecule has 0 radical (unpaired) electrons. The van der Waals surface area contributed by atoms with Gasteiger partial charge in [-0.1, -0.05) is 0 Å². The van der Waals surface area contributed by atoms with Crippen LogP contribution in [0.4, 0.5) is 10.5 Å². The fraction of sp³-hybridized carbons (Fsp3) is 0.304. The molecule has 2 fully saturated rings. The van der Waals surface area contributed by atoms with Crippen LogP contribution in [0, 0.1) is 0 Å². The maximum Gasteiger partial charge on any atom is 0.329 e. The van der Waals surface area contributed by atoms with Crippen LogP contribution in [0.25, 0.3) is 11.0 Å². The highest BCUT2D eigenvalue weighted by Gasteiger charge is 2.28. The number of rotatable bonds is 4. The highest BCUT2D eigenvalue weighted by molar-refractivity contribution is 6.12. The number of hydrogen-bond donors (Lipinski definition) is 2. The molecule has 158 valence electrons. The Morgan fingerprint density at radius 1 is 1.03 bits per heavy atom. The largest absolute Gasteiger partial charge is 0.349 e. The van der Waals surface area contributed by atoms with Crippen molar-refractivity contribution in [3.05, 3.63) is 60.4 Å². The number of pyridine rings is 1. The topological polar surface area (TPSA) is 96.3 Å². The zero-order valence-corrected chi connectivity index (χ0v) is 17.0. The van der Waals surface area contributed by atoms with Gasteiger partial charge in [0.25, 0.3) is 5.91 Å². The average molecular weight is 417 g/mol. The maximum atomic E-state index is 12.7. The van der Waals surface area contributed by atoms with Gasteiger partial charge in [0.15, 0.2) is 0 Å². The number of carbonyl (C=O) groups excluding carboxylic acids is 3. The van der Waals surface area contributed by atoms with Gasteiger partial charge in [0, 0.05) is 41.1 Å². The van der Waals surface area contributed by atoms with Crippen LogP contribution < -0.4 is 15.5 Å². The Morgan fingerprint density at radius 2 is 1.81 bits per heavy atom. The molecule has 8 nitrogen and oxygen atoms in total. The van der Waals surface area contributed by atoms with Crippen molar-refractivity contribution in [2.75, 3.05) is 11.4 Å². The minimum Gasteiger partial charge on any atom is -0.349 e. The van der Waals surface area contributed by atoms with Gasteiger partial charge in [-0.05, 0) is 68.1 Å². The van der Waals surface area contributed by atoms with E-state index in [0.717, 1.165) is 36.7 Å². The zero-order valence-electron chi connectivity index (χ0n) is 17.0. The van der Waals surface area contributed by atoms with Gasteiger partial charge in [0.2, 0.25) is 5.91 Å². The molecule has 0 unspecified atom stereocenters. The third-order valence-electron chi connectivity index (χ3n) is 6.14. The van der Waals surface area contributed by atoms with Crippen molar-refractivity contribution >= 4 is 34.6 Å². The standard InChI is InChI=1S/C23H23N5O3/c29-20-14-28(23(31)26-20)19-7-3-16(4-8-19)22(30)25-17-5-9-18(10-6-17)27-13-11-15-2-1-12-24-21(15)27/h1-4,7-8,11-13,17-18H,5-6,9-10,14H2,(H,25,30)(H,26,29,31). The van der Waals surface area contributed by atoms with Crippen molar-refractivity contribution < 1.29 is 14.4 Å². The Morgan fingerprint density at radius 3 is 2.52 bits per heavy atom. The summed E-state index contributed by atoms with van der Waals surface area (Å²) in [6.45, 7) is -0.000180. The molecule has 8 heteroatoms. The summed E-state index contributed by atoms with van der Waals surface area (Å²) in [6, 6.07) is 13.0. The van der Waals surface area contributed by atoms with E-state index in [1.54, 1.807) is 24.3 Å². The first-order chi connectivity index (χ1) is 15.1. The molecule has 1 saturated heterocycles. The maximum absolute atomic E-state index is 12.7. The predicted octanol–water partition coefficient (Wildman–Crippen LogP) is 3.01. The number of carbonyl (C=O) groups is 3. The number of fused-ring (bicyclic) bond motifs is 1. The first-order valence-corrected chi connectivity index (χ1v) is 10.5. The first-order valence-electron chi connectivity index (χ1n) is 10.5. The second-order valence-electron chi connectivity index (χ2n) is 8.10. The monoisotopic (exact) mass is 417 g/mol. The van der Waals surface area contributed by atoms with Gasteiger partial charge in [0.1, 0.15) is 12.2 Å². The minimum atomic E-state index is -0.440. The van der Waals surface area contributed by atoms with E-state index in [4.69, 9.17) is 0 Å². The van der Waals surface area contributed by atoms with Crippen LogP contribution in [0.1, 0.15) is 42.1 Å². The van der Waals surface area contributed by atoms with Crippen molar-refractivity contribution in [1.29, 1.82) is 0 Å². The number of benzene rings is 1. The lowest BCUT2D eigenvalue weighted by atomic mass is 9.90. The van der Waals surface area contributed by atoms with Gasteiger partial charge in [0.05, 0.1) is 0 Å². The van der Waals surface area contributed by atoms with Crippen molar-refractivity contribution in [1.82, 2.24) is 20.2 Å². The van der Waals surface area contributed by atoms with Crippen LogP contribution in [-0.2, 0) is 4.79 Å². The second-order valence-corrected chi connectivity index (χ2v) is 8.10. The summed E-state index contributed by atoms with van der Waals surface area (Å²) in [4.78, 5) is 41.7. The Bertz CT molecular complexity index is 1150. The quantitative estimate of drug-likeness (QED) is 0.638. The van der Waals surface area contributed by atoms with E-state index in [-0.39, 0.29) is 24.4 Å². The highest BCUT2D eigenvalue weighted by Crippen LogP contribution is 2.31. The molecule has 1 saturated carbocycles. The molecule has 4 amide bonds. The van der Waals surface area contributed by atoms with Crippen LogP contribution >= 0.6 is 0 Å². The molecule has 1 aromatic carbocycles. The Balaban J connectivity index is 1.18. The van der Waals surface area contributed by atoms with E-state index in [9.17, 15) is 14.4 Å². The van der Waals surface area contributed by atoms with E-state index in [1.807, 2.05) is 12.3 Å². The molecule has 0 atom stereocenters. The first kappa shape index (κ1) is 19.3. The summed E-state index contributed by atoms with van der Waals surface area (Å²) in [6.07, 6.45) is 7.74. The molecule has 2 N–H and O–H groups in total. The lowest BCUT2D eigenvalue weighted by Gasteiger charge is -2.30. The van der Waals surface area contributed by atoms with Crippen LogP contribution in [0.3, 0.4) is 0 Å². The van der Waals surface area contributed by atoms with Gasteiger partial charge in [-0.15, -0.1) is 0 Å². The normalized spacial score (nSPS) is 21.4. The summed E-state index contributed by atoms with van der Waals surface area (Å²) in [5, 5.41) is 6.53. The van der Waals surface area contributed by atoms with Gasteiger partial charge in [-0.25, -0.2) is 9.78 Å². The molecular formula is C23H23N5O3. The van der Waals surface area contributed by atoms with Gasteiger partial charge in [-0.3, -0.25) is 19.8 Å². The number of urea groups is 1. The summed E-state index contributed by atoms with van der Waals surface area (Å²) in [5.74, 6) is -0.448. The molecule has 31 heavy (non-hydrogen) atoms. The molecule has 5 rings (SSSR count). The molecular weight excluding hydrogens is 394 g/mol. The van der Waals surface area contributed by atoms with Crippen molar-refractivity contribution in [2.24, 2.45) is 0 Å². The number of nitrogens with one attached hydrogen (secondary N) is 2. The Labute approximate surface area is 179 Å². The molecule has 3 heterocycles. The SMILES string of the molecule is O=C1CN(c2ccc(C(=O)NC3CCC(n4ccc5cccnc54)CC3)cc2)C(=O)N1. The molecule has 3 aromatic rings. The lowest BCUT2D eigenvalue weighted by Crippen LogP contribution is -2.38. The summed E-state index contributed by atoms with van der Waals surface area (Å²) >= 11 is 0. The fourth-order valence-corrected chi connectivity index (χ4v) is 4.49. The number of anilines is 1. The number of hydrogen-bond acceptors (Lipinski definition) is 4. The lowest BCUT2D eigenvalue weighted by molar-refractivity contribution is -0.117. The highest BCUT2D eigenvalue weighted by atomic mass is 16.2. The van der Waals surface area contributed by atoms with Crippen LogP contribution in [-0.4, -0.2) is 40.0 Å². The molecule has 0 spiro atoms. The van der Waals surface area contributed by atoms with E-state index < -0.39 is 6.03 Å². The third kappa shape index (κ3) is 3.76. The zero-order chi connectivity index (χ0) is 21.4. The number of nitrogens with zero attached hydrogens (tertiary/aromatic N) is 3. The molecule has 0 bridgehead atoms. The summed E-state index contributed by atoms with van der Waals surface area (Å²) < 4.78 is 2.26. The number of imide groups is 1. The smallest absolute Gasteiger partial charge is 0.329 e. The number of amides is 4. The van der Waals surface area contributed by atoms with Crippen molar-refractivity contribution in [3.8, 4) is 0 Å². The fourth-order valence-electron chi connectivity index (χ4n) is 4.49. The predicted molar refractivity (Wildman–Crippen MR) is 116 cm³/mol. The summed E-state index contributed by atoms with van der Waals surface area (Å²) in [7, 11) is 0. The van der Waals surface area contributed by atoms with Crippen LogP contribution in [0.2, 0.25) is 0 Å². The van der Waals surface area contributed by atoms with E-state index in [2.05, 4.69) is 38.5 Å². The Hall–Kier alpha value is -3.68. The van der Waals surface area contributed by atoms with E-state index in [0.29, 0.717) is 17.3 Å². The second kappa shape index (κ2) is 7.86. The van der Waals surface area contributed by atoms with Gasteiger partial charge >= 0.3 is 6.03 Å². The number of aromatic nitrogens is 2. The van der Waals surface area contributed by atoms with E-state index >= 15 is 0 Å². The third-order valence-corrected chi connectivity index (χ3v) is 6.14. The van der Waals surface area contributed by atoms with Crippen molar-refractivity contribution in [2.45, 2.75) is 37.8 Å². The van der Waals surface area contributed by atoms with Crippen LogP contribution in [0.5, 0.6) is 0 Å². The van der Waals surface area contributed by atoms with Crippen LogP contribution in [0.15, 0.2) is 54.9 Å². The summed E-state index contributed by atoms with van der Waals surface area (Å²) in [5.41, 5.74) is 2.15. The molecule has 2 aliphatic rings. The van der Waals surface area contributed by atoms with Gasteiger partial charge < -0.3 is 9.88 Å². The molecule has 1 aliphatic heterocycles. The van der Waals surface area contributed by atoms with Crippen molar-refractivity contribution in [3.63, 3.8) is 0 Å². The Kier molecular flexibility index (Phi) is 4.89.